The number of carbonyl (C=O) groups excluding carboxylic acids is 1. The van der Waals surface area contributed by atoms with Gasteiger partial charge in [0.25, 0.3) is 0 Å². The van der Waals surface area contributed by atoms with E-state index in [1.54, 1.807) is 11.8 Å². The molecule has 1 fully saturated rings. The molecule has 0 aromatic carbocycles. The van der Waals surface area contributed by atoms with E-state index in [-0.39, 0.29) is 23.7 Å². The number of carboxylic acid groups (broad SMARTS) is 1. The second-order valence-corrected chi connectivity index (χ2v) is 6.83. The van der Waals surface area contributed by atoms with Crippen LogP contribution in [-0.4, -0.2) is 55.6 Å². The van der Waals surface area contributed by atoms with Crippen molar-refractivity contribution < 1.29 is 14.7 Å². The molecule has 0 saturated heterocycles. The Bertz CT molecular complexity index is 570. The van der Waals surface area contributed by atoms with Crippen LogP contribution in [0.25, 0.3) is 0 Å². The van der Waals surface area contributed by atoms with Crippen molar-refractivity contribution in [1.82, 2.24) is 20.2 Å². The fraction of sp³-hybridized carbons (Fsp3) is 0.615. The first kappa shape index (κ1) is 14.2. The Balaban J connectivity index is 1.70. The molecule has 2 aliphatic rings. The third kappa shape index (κ3) is 2.72. The number of nitrogens with one attached hydrogen (secondary N) is 2. The fourth-order valence-corrected chi connectivity index (χ4v) is 3.33. The minimum Gasteiger partial charge on any atom is -0.480 e. The lowest BCUT2D eigenvalue weighted by molar-refractivity contribution is -0.142. The summed E-state index contributed by atoms with van der Waals surface area (Å²) in [4.78, 5) is 32.2. The average molecular weight is 310 g/mol. The Labute approximate surface area is 126 Å². The largest absolute Gasteiger partial charge is 0.480 e. The third-order valence-corrected chi connectivity index (χ3v) is 5.67. The van der Waals surface area contributed by atoms with Crippen LogP contribution in [0, 0.1) is 0 Å². The summed E-state index contributed by atoms with van der Waals surface area (Å²) in [5.41, 5.74) is 1.54. The first-order valence-corrected chi connectivity index (χ1v) is 8.11. The van der Waals surface area contributed by atoms with Gasteiger partial charge in [-0.3, -0.25) is 0 Å². The zero-order valence-corrected chi connectivity index (χ0v) is 12.6. The number of urea groups is 1. The van der Waals surface area contributed by atoms with E-state index in [9.17, 15) is 14.7 Å². The lowest BCUT2D eigenvalue weighted by Gasteiger charge is -2.32. The van der Waals surface area contributed by atoms with Gasteiger partial charge in [0.05, 0.1) is 24.3 Å². The maximum atomic E-state index is 12.3. The van der Waals surface area contributed by atoms with E-state index in [4.69, 9.17) is 0 Å². The number of amides is 2. The second-order valence-electron chi connectivity index (χ2n) is 5.56. The second kappa shape index (κ2) is 5.25. The van der Waals surface area contributed by atoms with Gasteiger partial charge < -0.3 is 20.3 Å². The monoisotopic (exact) mass is 310 g/mol. The number of aromatic nitrogens is 2. The predicted molar refractivity (Wildman–Crippen MR) is 78.1 cm³/mol. The molecule has 1 saturated carbocycles. The molecule has 0 bridgehead atoms. The number of carboxylic acids is 1. The Hall–Kier alpha value is -1.70. The van der Waals surface area contributed by atoms with Crippen LogP contribution < -0.4 is 5.32 Å². The van der Waals surface area contributed by atoms with Gasteiger partial charge in [-0.2, -0.15) is 11.8 Å². The number of H-pyrrole nitrogens is 1. The Morgan fingerprint density at radius 2 is 2.38 bits per heavy atom. The van der Waals surface area contributed by atoms with Crippen LogP contribution in [0.3, 0.4) is 0 Å². The number of rotatable bonds is 4. The van der Waals surface area contributed by atoms with Crippen molar-refractivity contribution in [3.05, 3.63) is 17.7 Å². The molecule has 0 radical (unpaired) electrons. The lowest BCUT2D eigenvalue weighted by atomic mass is 10.0. The van der Waals surface area contributed by atoms with Gasteiger partial charge in [0.2, 0.25) is 0 Å². The topological polar surface area (TPSA) is 98.3 Å². The summed E-state index contributed by atoms with van der Waals surface area (Å²) in [6.45, 7) is 0.843. The van der Waals surface area contributed by atoms with Crippen LogP contribution in [0.4, 0.5) is 4.79 Å². The van der Waals surface area contributed by atoms with Gasteiger partial charge in [0, 0.05) is 17.7 Å². The van der Waals surface area contributed by atoms with Crippen molar-refractivity contribution in [2.45, 2.75) is 36.6 Å². The molecule has 1 aromatic heterocycles. The summed E-state index contributed by atoms with van der Waals surface area (Å²) in [6, 6.07) is -1.17. The number of imidazole rings is 1. The zero-order valence-electron chi connectivity index (χ0n) is 11.8. The SMILES string of the molecule is CSC1(CNC(=O)N2Cc3[nH]cnc3CC2C(=O)O)CC1. The molecule has 2 amide bonds. The van der Waals surface area contributed by atoms with Gasteiger partial charge in [-0.25, -0.2) is 14.6 Å². The van der Waals surface area contributed by atoms with E-state index in [2.05, 4.69) is 15.3 Å². The maximum absolute atomic E-state index is 12.3. The standard InChI is InChI=1S/C13H18N4O3S/c1-21-13(2-3-13)6-14-12(20)17-5-9-8(15-7-16-9)4-10(17)11(18)19/h7,10H,2-6H2,1H3,(H,14,20)(H,15,16)(H,18,19). The smallest absolute Gasteiger partial charge is 0.326 e. The van der Waals surface area contributed by atoms with E-state index in [1.807, 2.05) is 6.26 Å². The summed E-state index contributed by atoms with van der Waals surface area (Å²) >= 11 is 1.76. The first-order chi connectivity index (χ1) is 10.0. The molecule has 3 N–H and O–H groups in total. The van der Waals surface area contributed by atoms with E-state index < -0.39 is 12.0 Å². The van der Waals surface area contributed by atoms with Crippen molar-refractivity contribution in [1.29, 1.82) is 0 Å². The van der Waals surface area contributed by atoms with Crippen LogP contribution in [-0.2, 0) is 17.8 Å². The van der Waals surface area contributed by atoms with Crippen LogP contribution in [0.1, 0.15) is 24.2 Å². The van der Waals surface area contributed by atoms with E-state index in [1.165, 1.54) is 11.2 Å². The molecular weight excluding hydrogens is 292 g/mol. The third-order valence-electron chi connectivity index (χ3n) is 4.25. The van der Waals surface area contributed by atoms with Crippen molar-refractivity contribution >= 4 is 23.8 Å². The summed E-state index contributed by atoms with van der Waals surface area (Å²) in [7, 11) is 0. The highest BCUT2D eigenvalue weighted by Gasteiger charge is 2.43. The zero-order chi connectivity index (χ0) is 15.0. The molecule has 1 aliphatic carbocycles. The predicted octanol–water partition coefficient (Wildman–Crippen LogP) is 0.826. The van der Waals surface area contributed by atoms with E-state index in [0.717, 1.165) is 24.2 Å². The Morgan fingerprint density at radius 3 is 3.00 bits per heavy atom. The minimum atomic E-state index is -0.996. The molecule has 1 unspecified atom stereocenters. The molecule has 1 atom stereocenters. The maximum Gasteiger partial charge on any atom is 0.326 e. The number of thioether (sulfide) groups is 1. The summed E-state index contributed by atoms with van der Waals surface area (Å²) in [5.74, 6) is -0.996. The molecule has 1 aliphatic heterocycles. The van der Waals surface area contributed by atoms with Crippen molar-refractivity contribution in [2.24, 2.45) is 0 Å². The molecule has 0 spiro atoms. The molecule has 2 heterocycles. The highest BCUT2D eigenvalue weighted by atomic mass is 32.2. The summed E-state index contributed by atoms with van der Waals surface area (Å²) in [6.07, 6.45) is 6.02. The first-order valence-electron chi connectivity index (χ1n) is 6.88. The molecule has 8 heteroatoms. The number of aliphatic carboxylic acids is 1. The summed E-state index contributed by atoms with van der Waals surface area (Å²) < 4.78 is 0.156. The molecule has 1 aromatic rings. The average Bonchev–Trinajstić information content (AvgIpc) is 3.12. The number of fused-ring (bicyclic) bond motifs is 1. The number of hydrogen-bond acceptors (Lipinski definition) is 4. The van der Waals surface area contributed by atoms with Gasteiger partial charge in [-0.05, 0) is 19.1 Å². The number of nitrogens with zero attached hydrogens (tertiary/aromatic N) is 2. The number of carbonyl (C=O) groups is 2. The number of hydrogen-bond donors (Lipinski definition) is 3. The van der Waals surface area contributed by atoms with Gasteiger partial charge in [-0.15, -0.1) is 0 Å². The highest BCUT2D eigenvalue weighted by Crippen LogP contribution is 2.46. The molecule has 3 rings (SSSR count). The fourth-order valence-electron chi connectivity index (χ4n) is 2.60. The quantitative estimate of drug-likeness (QED) is 0.765. The minimum absolute atomic E-state index is 0.156. The van der Waals surface area contributed by atoms with E-state index >= 15 is 0 Å². The van der Waals surface area contributed by atoms with Crippen LogP contribution in [0.5, 0.6) is 0 Å². The van der Waals surface area contributed by atoms with Crippen molar-refractivity contribution in [3.8, 4) is 0 Å². The van der Waals surface area contributed by atoms with Crippen LogP contribution in [0.15, 0.2) is 6.33 Å². The van der Waals surface area contributed by atoms with Gasteiger partial charge in [-0.1, -0.05) is 0 Å². The van der Waals surface area contributed by atoms with E-state index in [0.29, 0.717) is 6.54 Å². The van der Waals surface area contributed by atoms with Gasteiger partial charge in [0.1, 0.15) is 6.04 Å². The normalized spacial score (nSPS) is 22.5. The van der Waals surface area contributed by atoms with Crippen LogP contribution in [0.2, 0.25) is 0 Å². The van der Waals surface area contributed by atoms with Crippen LogP contribution >= 0.6 is 11.8 Å². The molecule has 21 heavy (non-hydrogen) atoms. The molecule has 7 nitrogen and oxygen atoms in total. The van der Waals surface area contributed by atoms with Crippen molar-refractivity contribution in [2.75, 3.05) is 12.8 Å². The summed E-state index contributed by atoms with van der Waals surface area (Å²) in [5, 5.41) is 12.2. The van der Waals surface area contributed by atoms with Crippen molar-refractivity contribution in [3.63, 3.8) is 0 Å². The Morgan fingerprint density at radius 1 is 1.62 bits per heavy atom. The van der Waals surface area contributed by atoms with Gasteiger partial charge >= 0.3 is 12.0 Å². The molecular formula is C13H18N4O3S. The van der Waals surface area contributed by atoms with Gasteiger partial charge in [0.15, 0.2) is 0 Å². The molecule has 114 valence electrons. The lowest BCUT2D eigenvalue weighted by Crippen LogP contribution is -2.53. The highest BCUT2D eigenvalue weighted by molar-refractivity contribution is 8.00. The Kier molecular flexibility index (Phi) is 3.56. The number of aromatic amines is 1.